The fourth-order valence-corrected chi connectivity index (χ4v) is 5.00. The largest absolute Gasteiger partial charge is 0.463 e. The minimum Gasteiger partial charge on any atom is -0.463 e. The zero-order valence-corrected chi connectivity index (χ0v) is 19.1. The second kappa shape index (κ2) is 8.83. The highest BCUT2D eigenvalue weighted by Crippen LogP contribution is 2.30. The summed E-state index contributed by atoms with van der Waals surface area (Å²) in [5.41, 5.74) is 2.12. The summed E-state index contributed by atoms with van der Waals surface area (Å²) in [5.74, 6) is -0.479. The fraction of sp³-hybridized carbons (Fsp3) is 0.174. The van der Waals surface area contributed by atoms with E-state index in [0.29, 0.717) is 36.2 Å². The molecule has 0 bridgehead atoms. The lowest BCUT2D eigenvalue weighted by molar-refractivity contribution is -0.139. The van der Waals surface area contributed by atoms with E-state index in [4.69, 9.17) is 27.9 Å². The van der Waals surface area contributed by atoms with Crippen LogP contribution < -0.4 is 14.9 Å². The quantitative estimate of drug-likeness (QED) is 0.536. The van der Waals surface area contributed by atoms with Crippen LogP contribution in [0, 0.1) is 0 Å². The molecular formula is C23H18Cl2N2O3S. The third-order valence-electron chi connectivity index (χ3n) is 4.88. The molecule has 0 aliphatic carbocycles. The number of nitrogens with zero attached hydrogens (tertiary/aromatic N) is 2. The number of benzene rings is 2. The predicted octanol–water partition coefficient (Wildman–Crippen LogP) is 4.11. The molecular weight excluding hydrogens is 455 g/mol. The van der Waals surface area contributed by atoms with Crippen molar-refractivity contribution in [3.05, 3.63) is 101 Å². The Morgan fingerprint density at radius 3 is 2.65 bits per heavy atom. The third kappa shape index (κ3) is 4.11. The van der Waals surface area contributed by atoms with Gasteiger partial charge in [-0.1, -0.05) is 70.9 Å². The van der Waals surface area contributed by atoms with Crippen molar-refractivity contribution in [2.45, 2.75) is 19.9 Å². The van der Waals surface area contributed by atoms with Crippen LogP contribution in [0.25, 0.3) is 6.08 Å². The first-order valence-corrected chi connectivity index (χ1v) is 11.2. The van der Waals surface area contributed by atoms with Crippen LogP contribution in [0.5, 0.6) is 0 Å². The molecule has 0 spiro atoms. The van der Waals surface area contributed by atoms with Crippen molar-refractivity contribution in [1.29, 1.82) is 0 Å². The first-order valence-electron chi connectivity index (χ1n) is 9.60. The number of hydrogen-bond acceptors (Lipinski definition) is 5. The van der Waals surface area contributed by atoms with Crippen molar-refractivity contribution in [2.75, 3.05) is 6.61 Å². The van der Waals surface area contributed by atoms with Gasteiger partial charge in [0, 0.05) is 10.0 Å². The number of thiazole rings is 1. The number of aromatic nitrogens is 1. The maximum Gasteiger partial charge on any atom is 0.338 e. The van der Waals surface area contributed by atoms with Crippen LogP contribution in [0.3, 0.4) is 0 Å². The number of rotatable bonds is 4. The Balaban J connectivity index is 1.96. The van der Waals surface area contributed by atoms with Gasteiger partial charge >= 0.3 is 5.97 Å². The van der Waals surface area contributed by atoms with Gasteiger partial charge in [-0.2, -0.15) is 0 Å². The Bertz CT molecular complexity index is 1370. The van der Waals surface area contributed by atoms with Gasteiger partial charge in [0.15, 0.2) is 4.80 Å². The molecule has 0 fully saturated rings. The SMILES string of the molecule is CCOC(=O)C1=C(C)N=c2s/c(=C\c3ccc(Cl)cc3Cl)c(=O)n2[C@H]1c1ccccc1. The Labute approximate surface area is 192 Å². The predicted molar refractivity (Wildman–Crippen MR) is 123 cm³/mol. The monoisotopic (exact) mass is 472 g/mol. The number of esters is 1. The molecule has 0 N–H and O–H groups in total. The van der Waals surface area contributed by atoms with E-state index in [9.17, 15) is 9.59 Å². The van der Waals surface area contributed by atoms with E-state index in [1.165, 1.54) is 11.3 Å². The van der Waals surface area contributed by atoms with Crippen molar-refractivity contribution in [1.82, 2.24) is 4.57 Å². The number of ether oxygens (including phenoxy) is 1. The zero-order chi connectivity index (χ0) is 22.1. The van der Waals surface area contributed by atoms with Gasteiger partial charge in [-0.05, 0) is 43.2 Å². The summed E-state index contributed by atoms with van der Waals surface area (Å²) in [6.45, 7) is 3.74. The van der Waals surface area contributed by atoms with Gasteiger partial charge in [0.05, 0.1) is 28.5 Å². The van der Waals surface area contributed by atoms with Crippen molar-refractivity contribution in [2.24, 2.45) is 4.99 Å². The average molecular weight is 473 g/mol. The van der Waals surface area contributed by atoms with E-state index >= 15 is 0 Å². The summed E-state index contributed by atoms with van der Waals surface area (Å²) in [4.78, 5) is 31.3. The summed E-state index contributed by atoms with van der Waals surface area (Å²) >= 11 is 13.5. The average Bonchev–Trinajstić information content (AvgIpc) is 3.04. The van der Waals surface area contributed by atoms with Crippen molar-refractivity contribution in [3.63, 3.8) is 0 Å². The van der Waals surface area contributed by atoms with Crippen LogP contribution in [-0.4, -0.2) is 17.1 Å². The van der Waals surface area contributed by atoms with E-state index in [2.05, 4.69) is 4.99 Å². The normalized spacial score (nSPS) is 16.1. The van der Waals surface area contributed by atoms with Crippen LogP contribution >= 0.6 is 34.5 Å². The van der Waals surface area contributed by atoms with Crippen molar-refractivity contribution >= 4 is 46.6 Å². The lowest BCUT2D eigenvalue weighted by Crippen LogP contribution is -2.39. The van der Waals surface area contributed by atoms with E-state index in [0.717, 1.165) is 5.56 Å². The van der Waals surface area contributed by atoms with Crippen LogP contribution in [0.2, 0.25) is 10.0 Å². The van der Waals surface area contributed by atoms with Crippen LogP contribution in [-0.2, 0) is 9.53 Å². The zero-order valence-electron chi connectivity index (χ0n) is 16.8. The molecule has 0 saturated carbocycles. The standard InChI is InChI=1S/C23H18Cl2N2O3S/c1-3-30-22(29)19-13(2)26-23-27(20(19)14-7-5-4-6-8-14)21(28)18(31-23)11-15-9-10-16(24)12-17(15)25/h4-12,20H,3H2,1-2H3/b18-11-/t20-/m0/s1. The molecule has 4 rings (SSSR count). The molecule has 1 aliphatic heterocycles. The molecule has 1 aliphatic rings. The summed E-state index contributed by atoms with van der Waals surface area (Å²) in [6.07, 6.45) is 1.72. The van der Waals surface area contributed by atoms with E-state index in [-0.39, 0.29) is 12.2 Å². The minimum absolute atomic E-state index is 0.233. The fourth-order valence-electron chi connectivity index (χ4n) is 3.50. The molecule has 158 valence electrons. The first kappa shape index (κ1) is 21.6. The maximum atomic E-state index is 13.5. The molecule has 0 amide bonds. The van der Waals surface area contributed by atoms with Gasteiger partial charge in [-0.3, -0.25) is 9.36 Å². The first-order chi connectivity index (χ1) is 14.9. The third-order valence-corrected chi connectivity index (χ3v) is 6.43. The summed E-state index contributed by atoms with van der Waals surface area (Å²) in [5, 5.41) is 0.962. The van der Waals surface area contributed by atoms with Gasteiger partial charge in [-0.15, -0.1) is 0 Å². The summed E-state index contributed by atoms with van der Waals surface area (Å²) in [7, 11) is 0. The van der Waals surface area contributed by atoms with Gasteiger partial charge in [0.1, 0.15) is 0 Å². The Kier molecular flexibility index (Phi) is 6.14. The summed E-state index contributed by atoms with van der Waals surface area (Å²) < 4.78 is 7.29. The van der Waals surface area contributed by atoms with Crippen LogP contribution in [0.15, 0.2) is 69.6 Å². The minimum atomic E-state index is -0.626. The molecule has 8 heteroatoms. The molecule has 0 radical (unpaired) electrons. The van der Waals surface area contributed by atoms with Crippen molar-refractivity contribution < 1.29 is 9.53 Å². The highest BCUT2D eigenvalue weighted by molar-refractivity contribution is 7.07. The van der Waals surface area contributed by atoms with Gasteiger partial charge in [0.2, 0.25) is 0 Å². The van der Waals surface area contributed by atoms with Gasteiger partial charge in [0.25, 0.3) is 5.56 Å². The van der Waals surface area contributed by atoms with Crippen LogP contribution in [0.4, 0.5) is 0 Å². The molecule has 1 aromatic heterocycles. The molecule has 0 unspecified atom stereocenters. The lowest BCUT2D eigenvalue weighted by atomic mass is 9.96. The van der Waals surface area contributed by atoms with E-state index < -0.39 is 12.0 Å². The molecule has 2 heterocycles. The number of carbonyl (C=O) groups is 1. The number of fused-ring (bicyclic) bond motifs is 1. The van der Waals surface area contributed by atoms with Crippen molar-refractivity contribution in [3.8, 4) is 0 Å². The second-order valence-electron chi connectivity index (χ2n) is 6.88. The Morgan fingerprint density at radius 1 is 1.23 bits per heavy atom. The van der Waals surface area contributed by atoms with E-state index in [1.807, 2.05) is 30.3 Å². The molecule has 3 aromatic rings. The highest BCUT2D eigenvalue weighted by atomic mass is 35.5. The lowest BCUT2D eigenvalue weighted by Gasteiger charge is -2.24. The second-order valence-corrected chi connectivity index (χ2v) is 8.73. The molecule has 5 nitrogen and oxygen atoms in total. The highest BCUT2D eigenvalue weighted by Gasteiger charge is 2.33. The number of halogens is 2. The van der Waals surface area contributed by atoms with E-state index in [1.54, 1.807) is 42.7 Å². The molecule has 1 atom stereocenters. The number of carbonyl (C=O) groups excluding carboxylic acids is 1. The van der Waals surface area contributed by atoms with Gasteiger partial charge < -0.3 is 4.74 Å². The Morgan fingerprint density at radius 2 is 1.97 bits per heavy atom. The maximum absolute atomic E-state index is 13.5. The molecule has 31 heavy (non-hydrogen) atoms. The number of allylic oxidation sites excluding steroid dienone is 1. The topological polar surface area (TPSA) is 60.7 Å². The Hall–Kier alpha value is -2.67. The molecule has 0 saturated heterocycles. The summed E-state index contributed by atoms with van der Waals surface area (Å²) in [6, 6.07) is 13.9. The number of hydrogen-bond donors (Lipinski definition) is 0. The smallest absolute Gasteiger partial charge is 0.338 e. The van der Waals surface area contributed by atoms with Gasteiger partial charge in [-0.25, -0.2) is 9.79 Å². The van der Waals surface area contributed by atoms with Crippen LogP contribution in [0.1, 0.15) is 31.0 Å². The molecule has 2 aromatic carbocycles.